The van der Waals surface area contributed by atoms with Gasteiger partial charge in [-0.05, 0) is 110 Å². The summed E-state index contributed by atoms with van der Waals surface area (Å²) >= 11 is 0. The number of aldehydes is 1. The minimum absolute atomic E-state index is 0.417. The van der Waals surface area contributed by atoms with Crippen molar-refractivity contribution in [3.63, 3.8) is 0 Å². The van der Waals surface area contributed by atoms with Crippen LogP contribution in [0.4, 0.5) is 18.9 Å². The fourth-order valence-electron chi connectivity index (χ4n) is 3.73. The summed E-state index contributed by atoms with van der Waals surface area (Å²) in [5, 5.41) is 1.33. The number of halogens is 3. The number of benzene rings is 1. The van der Waals surface area contributed by atoms with Gasteiger partial charge in [0.25, 0.3) is 6.43 Å². The van der Waals surface area contributed by atoms with Crippen molar-refractivity contribution in [2.24, 2.45) is 5.84 Å². The number of likely N-dealkylation sites (tertiary alicyclic amines) is 1. The van der Waals surface area contributed by atoms with Gasteiger partial charge in [0, 0.05) is 0 Å². The molecule has 0 aliphatic carbocycles. The maximum Gasteiger partial charge on any atom is 0.269 e. The summed E-state index contributed by atoms with van der Waals surface area (Å²) in [5.41, 5.74) is 1.15. The number of methoxy groups -OCH3 is 1. The number of carbonyl (C=O) groups is 1. The van der Waals surface area contributed by atoms with E-state index in [-0.39, 0.29) is 0 Å². The van der Waals surface area contributed by atoms with Crippen LogP contribution >= 0.6 is 0 Å². The lowest BCUT2D eigenvalue weighted by atomic mass is 10.2. The van der Waals surface area contributed by atoms with Crippen molar-refractivity contribution in [3.8, 4) is 5.75 Å². The number of alkyl halides is 3. The number of anilines is 1. The molecule has 1 aromatic carbocycles. The Morgan fingerprint density at radius 2 is 1.65 bits per heavy atom. The second kappa shape index (κ2) is 21.9. The molecule has 1 fully saturated rings. The number of carbonyl (C=O) groups excluding carboxylic acids is 1. The molecule has 0 bridgehead atoms. The van der Waals surface area contributed by atoms with Crippen LogP contribution in [-0.4, -0.2) is 75.6 Å². The quantitative estimate of drug-likeness (QED) is 0.104. The first kappa shape index (κ1) is 34.9. The van der Waals surface area contributed by atoms with E-state index in [9.17, 15) is 18.0 Å². The van der Waals surface area contributed by atoms with E-state index in [0.717, 1.165) is 18.4 Å². The number of ether oxygens (including phenoxy) is 1. The lowest BCUT2D eigenvalue weighted by Gasteiger charge is -2.18. The Morgan fingerprint density at radius 1 is 1.08 bits per heavy atom. The third kappa shape index (κ3) is 17.1. The second-order valence-corrected chi connectivity index (χ2v) is 9.18. The molecule has 214 valence electrons. The second-order valence-electron chi connectivity index (χ2n) is 9.18. The van der Waals surface area contributed by atoms with Crippen LogP contribution in [0.2, 0.25) is 0 Å². The SMILES string of the molecule is C/C=C(/C=O)N(N)c1ccc(OC)cc1.CC(F)C(F)F.CCCN(C)CCCCCCN1CCCC1. The molecule has 2 N–H and O–H groups in total. The molecule has 0 spiro atoms. The van der Waals surface area contributed by atoms with Crippen LogP contribution < -0.4 is 15.6 Å². The average molecular weight is 531 g/mol. The van der Waals surface area contributed by atoms with E-state index in [1.165, 1.54) is 82.7 Å². The largest absolute Gasteiger partial charge is 0.497 e. The molecule has 9 heteroatoms. The molecule has 2 rings (SSSR count). The predicted molar refractivity (Wildman–Crippen MR) is 148 cm³/mol. The first-order chi connectivity index (χ1) is 17.7. The summed E-state index contributed by atoms with van der Waals surface area (Å²) in [4.78, 5) is 15.7. The van der Waals surface area contributed by atoms with Crippen LogP contribution in [0.1, 0.15) is 65.7 Å². The summed E-state index contributed by atoms with van der Waals surface area (Å²) < 4.78 is 37.7. The fourth-order valence-corrected chi connectivity index (χ4v) is 3.73. The molecule has 6 nitrogen and oxygen atoms in total. The Bertz CT molecular complexity index is 706. The minimum Gasteiger partial charge on any atom is -0.497 e. The van der Waals surface area contributed by atoms with Gasteiger partial charge in [-0.2, -0.15) is 0 Å². The molecule has 0 radical (unpaired) electrons. The third-order valence-corrected chi connectivity index (χ3v) is 5.96. The van der Waals surface area contributed by atoms with Crippen LogP contribution in [0, 0.1) is 0 Å². The highest BCUT2D eigenvalue weighted by atomic mass is 19.3. The molecular weight excluding hydrogens is 481 g/mol. The monoisotopic (exact) mass is 530 g/mol. The molecule has 1 unspecified atom stereocenters. The molecule has 0 saturated carbocycles. The Balaban J connectivity index is 0.000000578. The zero-order chi connectivity index (χ0) is 28.1. The molecule has 1 aliphatic heterocycles. The number of allylic oxidation sites excluding steroid dienone is 2. The van der Waals surface area contributed by atoms with Crippen molar-refractivity contribution in [1.82, 2.24) is 9.80 Å². The zero-order valence-electron chi connectivity index (χ0n) is 23.5. The maximum atomic E-state index is 11.1. The number of nitrogens with zero attached hydrogens (tertiary/aromatic N) is 3. The van der Waals surface area contributed by atoms with Gasteiger partial charge >= 0.3 is 0 Å². The van der Waals surface area contributed by atoms with Crippen molar-refractivity contribution in [3.05, 3.63) is 36.0 Å². The van der Waals surface area contributed by atoms with Gasteiger partial charge in [-0.25, -0.2) is 19.0 Å². The van der Waals surface area contributed by atoms with Crippen molar-refractivity contribution in [2.45, 2.75) is 78.3 Å². The van der Waals surface area contributed by atoms with E-state index < -0.39 is 12.6 Å². The van der Waals surface area contributed by atoms with E-state index in [4.69, 9.17) is 10.6 Å². The number of rotatable bonds is 14. The highest BCUT2D eigenvalue weighted by Gasteiger charge is 2.11. The van der Waals surface area contributed by atoms with Crippen LogP contribution in [-0.2, 0) is 4.79 Å². The highest BCUT2D eigenvalue weighted by molar-refractivity contribution is 5.79. The molecular formula is C28H49F3N4O2. The maximum absolute atomic E-state index is 11.1. The predicted octanol–water partition coefficient (Wildman–Crippen LogP) is 6.07. The van der Waals surface area contributed by atoms with Gasteiger partial charge in [-0.3, -0.25) is 9.80 Å². The van der Waals surface area contributed by atoms with Crippen molar-refractivity contribution in [1.29, 1.82) is 0 Å². The topological polar surface area (TPSA) is 62.0 Å². The van der Waals surface area contributed by atoms with Gasteiger partial charge in [0.15, 0.2) is 12.5 Å². The van der Waals surface area contributed by atoms with Crippen molar-refractivity contribution >= 4 is 12.0 Å². The van der Waals surface area contributed by atoms with Crippen molar-refractivity contribution < 1.29 is 22.7 Å². The highest BCUT2D eigenvalue weighted by Crippen LogP contribution is 2.19. The van der Waals surface area contributed by atoms with Gasteiger partial charge in [0.2, 0.25) is 0 Å². The number of hydrogen-bond donors (Lipinski definition) is 1. The summed E-state index contributed by atoms with van der Waals surface area (Å²) in [6, 6.07) is 7.14. The Labute approximate surface area is 222 Å². The van der Waals surface area contributed by atoms with E-state index >= 15 is 0 Å². The summed E-state index contributed by atoms with van der Waals surface area (Å²) in [5.74, 6) is 6.50. The van der Waals surface area contributed by atoms with E-state index in [2.05, 4.69) is 23.8 Å². The molecule has 1 saturated heterocycles. The van der Waals surface area contributed by atoms with Gasteiger partial charge in [0.05, 0.1) is 18.5 Å². The molecule has 0 amide bonds. The standard InChI is InChI=1S/C14H30N2.C11H14N2O2.C3H5F3/c1-3-10-15(2)11-6-4-5-7-12-16-13-8-9-14-16;1-3-9(8-14)13(12)10-4-6-11(15-2)7-5-10;1-2(4)3(5)6/h3-14H2,1-2H3;3-8H,12H2,1-2H3;2-3H,1H3/b;9-3-;. The molecule has 1 atom stereocenters. The first-order valence-electron chi connectivity index (χ1n) is 13.3. The van der Waals surface area contributed by atoms with E-state index in [0.29, 0.717) is 12.0 Å². The van der Waals surface area contributed by atoms with E-state index in [1.807, 2.05) is 0 Å². The Morgan fingerprint density at radius 3 is 2.11 bits per heavy atom. The molecule has 0 aromatic heterocycles. The van der Waals surface area contributed by atoms with Gasteiger partial charge < -0.3 is 14.5 Å². The summed E-state index contributed by atoms with van der Waals surface area (Å²) in [6.45, 7) is 11.5. The molecule has 1 aromatic rings. The van der Waals surface area contributed by atoms with Crippen molar-refractivity contribution in [2.75, 3.05) is 51.9 Å². The number of nitrogens with two attached hydrogens (primary N) is 1. The van der Waals surface area contributed by atoms with Gasteiger partial charge in [-0.1, -0.05) is 25.8 Å². The minimum atomic E-state index is -2.81. The van der Waals surface area contributed by atoms with Gasteiger partial charge in [0.1, 0.15) is 5.75 Å². The molecule has 1 aliphatic rings. The van der Waals surface area contributed by atoms with Crippen LogP contribution in [0.25, 0.3) is 0 Å². The van der Waals surface area contributed by atoms with E-state index in [1.54, 1.807) is 44.4 Å². The lowest BCUT2D eigenvalue weighted by Crippen LogP contribution is -2.30. The number of unbranched alkanes of at least 4 members (excludes halogenated alkanes) is 3. The molecule has 37 heavy (non-hydrogen) atoms. The number of hydrogen-bond acceptors (Lipinski definition) is 6. The van der Waals surface area contributed by atoms with Crippen LogP contribution in [0.3, 0.4) is 0 Å². The van der Waals surface area contributed by atoms with Crippen LogP contribution in [0.5, 0.6) is 5.75 Å². The summed E-state index contributed by atoms with van der Waals surface area (Å²) in [7, 11) is 3.84. The smallest absolute Gasteiger partial charge is 0.269 e. The molecule has 1 heterocycles. The van der Waals surface area contributed by atoms with Crippen LogP contribution in [0.15, 0.2) is 36.0 Å². The number of hydrazine groups is 1. The third-order valence-electron chi connectivity index (χ3n) is 5.96. The Kier molecular flexibility index (Phi) is 20.7. The fraction of sp³-hybridized carbons (Fsp3) is 0.679. The Hall–Kier alpha value is -2.10. The first-order valence-corrected chi connectivity index (χ1v) is 13.3. The summed E-state index contributed by atoms with van der Waals surface area (Å²) in [6.07, 6.45) is 7.36. The normalized spacial score (nSPS) is 14.5. The zero-order valence-corrected chi connectivity index (χ0v) is 23.5. The van der Waals surface area contributed by atoms with Gasteiger partial charge in [-0.15, -0.1) is 0 Å². The lowest BCUT2D eigenvalue weighted by molar-refractivity contribution is -0.105. The average Bonchev–Trinajstić information content (AvgIpc) is 3.41.